The van der Waals surface area contributed by atoms with E-state index in [1.165, 1.54) is 25.5 Å². The quantitative estimate of drug-likeness (QED) is 0.496. The van der Waals surface area contributed by atoms with Crippen molar-refractivity contribution in [3.63, 3.8) is 0 Å². The summed E-state index contributed by atoms with van der Waals surface area (Å²) in [6.45, 7) is 2.04. The van der Waals surface area contributed by atoms with Crippen LogP contribution in [0.1, 0.15) is 5.56 Å². The largest absolute Gasteiger partial charge is 0.493 e. The number of hydrogen-bond donors (Lipinski definition) is 1. The Bertz CT molecular complexity index is 989. The molecule has 0 bridgehead atoms. The molecule has 30 heavy (non-hydrogen) atoms. The zero-order valence-electron chi connectivity index (χ0n) is 16.5. The van der Waals surface area contributed by atoms with Gasteiger partial charge in [0.05, 0.1) is 31.4 Å². The summed E-state index contributed by atoms with van der Waals surface area (Å²) in [5.74, 6) is 0.682. The van der Waals surface area contributed by atoms with Gasteiger partial charge >= 0.3 is 0 Å². The first-order valence-electron chi connectivity index (χ1n) is 9.26. The van der Waals surface area contributed by atoms with Crippen LogP contribution in [0.25, 0.3) is 0 Å². The van der Waals surface area contributed by atoms with Gasteiger partial charge in [-0.1, -0.05) is 18.2 Å². The normalized spacial score (nSPS) is 14.5. The van der Waals surface area contributed by atoms with Gasteiger partial charge in [0.15, 0.2) is 18.1 Å². The zero-order chi connectivity index (χ0) is 21.4. The third-order valence-electron chi connectivity index (χ3n) is 4.34. The first-order valence-corrected chi connectivity index (χ1v) is 10.7. The first kappa shape index (κ1) is 21.6. The summed E-state index contributed by atoms with van der Waals surface area (Å²) in [6, 6.07) is 12.9. The number of methoxy groups -OCH3 is 1. The monoisotopic (exact) mass is 433 g/mol. The highest BCUT2D eigenvalue weighted by atomic mass is 32.2. The van der Waals surface area contributed by atoms with Crippen LogP contribution in [0.5, 0.6) is 11.5 Å². The lowest BCUT2D eigenvalue weighted by Gasteiger charge is -2.26. The topological polar surface area (TPSA) is 107 Å². The number of nitrogens with zero attached hydrogens (tertiary/aromatic N) is 2. The van der Waals surface area contributed by atoms with Crippen LogP contribution in [0, 0.1) is 0 Å². The average molecular weight is 433 g/mol. The summed E-state index contributed by atoms with van der Waals surface area (Å²) >= 11 is 0. The molecule has 2 aromatic carbocycles. The Morgan fingerprint density at radius 3 is 2.60 bits per heavy atom. The number of amides is 1. The van der Waals surface area contributed by atoms with Crippen molar-refractivity contribution in [1.29, 1.82) is 0 Å². The Labute approximate surface area is 175 Å². The van der Waals surface area contributed by atoms with Gasteiger partial charge in [-0.25, -0.2) is 4.83 Å². The van der Waals surface area contributed by atoms with Crippen molar-refractivity contribution in [3.05, 3.63) is 54.1 Å². The Morgan fingerprint density at radius 1 is 1.17 bits per heavy atom. The Kier molecular flexibility index (Phi) is 7.26. The van der Waals surface area contributed by atoms with E-state index >= 15 is 0 Å². The van der Waals surface area contributed by atoms with Crippen LogP contribution < -0.4 is 14.3 Å². The number of hydrazone groups is 1. The van der Waals surface area contributed by atoms with Crippen molar-refractivity contribution < 1.29 is 27.4 Å². The maximum absolute atomic E-state index is 12.2. The minimum atomic E-state index is -3.74. The first-order chi connectivity index (χ1) is 14.5. The molecular formula is C20H23N3O6S. The van der Waals surface area contributed by atoms with Gasteiger partial charge in [-0.3, -0.25) is 4.79 Å². The molecular weight excluding hydrogens is 410 g/mol. The molecule has 0 spiro atoms. The van der Waals surface area contributed by atoms with Gasteiger partial charge < -0.3 is 19.1 Å². The second kappa shape index (κ2) is 10.1. The van der Waals surface area contributed by atoms with Crippen molar-refractivity contribution in [1.82, 2.24) is 9.73 Å². The highest BCUT2D eigenvalue weighted by Gasteiger charge is 2.18. The molecule has 0 radical (unpaired) electrons. The number of morpholine rings is 1. The predicted molar refractivity (Wildman–Crippen MR) is 110 cm³/mol. The van der Waals surface area contributed by atoms with E-state index < -0.39 is 10.0 Å². The van der Waals surface area contributed by atoms with Gasteiger partial charge in [0.1, 0.15) is 0 Å². The minimum Gasteiger partial charge on any atom is -0.493 e. The van der Waals surface area contributed by atoms with Crippen LogP contribution in [0.2, 0.25) is 0 Å². The number of sulfonamides is 1. The Hall–Kier alpha value is -3.11. The highest BCUT2D eigenvalue weighted by molar-refractivity contribution is 7.89. The van der Waals surface area contributed by atoms with Crippen molar-refractivity contribution in [2.75, 3.05) is 40.0 Å². The molecule has 1 N–H and O–H groups in total. The summed E-state index contributed by atoms with van der Waals surface area (Å²) in [5.41, 5.74) is 0.592. The van der Waals surface area contributed by atoms with Crippen LogP contribution in [0.4, 0.5) is 0 Å². The van der Waals surface area contributed by atoms with Crippen LogP contribution >= 0.6 is 0 Å². The SMILES string of the molecule is COc1cc(/C=N/NS(=O)(=O)c2ccccc2)ccc1OCC(=O)N1CCOCC1. The molecule has 2 aromatic rings. The fourth-order valence-corrected chi connectivity index (χ4v) is 3.56. The van der Waals surface area contributed by atoms with E-state index in [4.69, 9.17) is 14.2 Å². The number of carbonyl (C=O) groups excluding carboxylic acids is 1. The van der Waals surface area contributed by atoms with Gasteiger partial charge in [-0.15, -0.1) is 0 Å². The van der Waals surface area contributed by atoms with Crippen LogP contribution in [0.3, 0.4) is 0 Å². The summed E-state index contributed by atoms with van der Waals surface area (Å²) < 4.78 is 40.5. The van der Waals surface area contributed by atoms with Gasteiger partial charge in [-0.2, -0.15) is 13.5 Å². The van der Waals surface area contributed by atoms with E-state index in [2.05, 4.69) is 9.93 Å². The Balaban J connectivity index is 1.61. The molecule has 0 unspecified atom stereocenters. The van der Waals surface area contributed by atoms with E-state index in [0.717, 1.165) is 0 Å². The smallest absolute Gasteiger partial charge is 0.276 e. The summed E-state index contributed by atoms with van der Waals surface area (Å²) in [6.07, 6.45) is 1.35. The molecule has 9 nitrogen and oxygen atoms in total. The molecule has 0 aromatic heterocycles. The van der Waals surface area contributed by atoms with Crippen molar-refractivity contribution in [2.45, 2.75) is 4.90 Å². The molecule has 3 rings (SSSR count). The molecule has 0 atom stereocenters. The van der Waals surface area contributed by atoms with Gasteiger partial charge in [0.2, 0.25) is 0 Å². The van der Waals surface area contributed by atoms with Gasteiger partial charge in [0.25, 0.3) is 15.9 Å². The Morgan fingerprint density at radius 2 is 1.90 bits per heavy atom. The third-order valence-corrected chi connectivity index (χ3v) is 5.58. The number of nitrogens with one attached hydrogen (secondary N) is 1. The van der Waals surface area contributed by atoms with Crippen LogP contribution in [-0.4, -0.2) is 65.5 Å². The predicted octanol–water partition coefficient (Wildman–Crippen LogP) is 1.25. The van der Waals surface area contributed by atoms with Gasteiger partial charge in [0, 0.05) is 13.1 Å². The van der Waals surface area contributed by atoms with Crippen molar-refractivity contribution in [3.8, 4) is 11.5 Å². The lowest BCUT2D eigenvalue weighted by molar-refractivity contribution is -0.137. The number of ether oxygens (including phenoxy) is 3. The molecule has 1 aliphatic heterocycles. The average Bonchev–Trinajstić information content (AvgIpc) is 2.79. The highest BCUT2D eigenvalue weighted by Crippen LogP contribution is 2.27. The molecule has 1 heterocycles. The maximum atomic E-state index is 12.2. The molecule has 0 saturated carbocycles. The van der Waals surface area contributed by atoms with E-state index in [-0.39, 0.29) is 17.4 Å². The molecule has 10 heteroatoms. The molecule has 1 fully saturated rings. The van der Waals surface area contributed by atoms with Crippen molar-refractivity contribution in [2.24, 2.45) is 5.10 Å². The number of rotatable bonds is 8. The van der Waals surface area contributed by atoms with E-state index in [9.17, 15) is 13.2 Å². The van der Waals surface area contributed by atoms with Crippen molar-refractivity contribution >= 4 is 22.1 Å². The van der Waals surface area contributed by atoms with E-state index in [0.29, 0.717) is 43.4 Å². The van der Waals surface area contributed by atoms with Crippen LogP contribution in [0.15, 0.2) is 58.5 Å². The fourth-order valence-electron chi connectivity index (χ4n) is 2.75. The lowest BCUT2D eigenvalue weighted by atomic mass is 10.2. The van der Waals surface area contributed by atoms with Gasteiger partial charge in [-0.05, 0) is 35.9 Å². The second-order valence-electron chi connectivity index (χ2n) is 6.36. The molecule has 1 amide bonds. The fraction of sp³-hybridized carbons (Fsp3) is 0.300. The number of hydrogen-bond acceptors (Lipinski definition) is 7. The lowest BCUT2D eigenvalue weighted by Crippen LogP contribution is -2.43. The minimum absolute atomic E-state index is 0.110. The van der Waals surface area contributed by atoms with E-state index in [1.54, 1.807) is 41.3 Å². The number of carbonyl (C=O) groups is 1. The maximum Gasteiger partial charge on any atom is 0.276 e. The summed E-state index contributed by atoms with van der Waals surface area (Å²) in [4.78, 5) is 16.2. The second-order valence-corrected chi connectivity index (χ2v) is 8.02. The molecule has 1 aliphatic rings. The van der Waals surface area contributed by atoms with Crippen LogP contribution in [-0.2, 0) is 19.6 Å². The zero-order valence-corrected chi connectivity index (χ0v) is 17.3. The summed E-state index contributed by atoms with van der Waals surface area (Å²) in [5, 5.41) is 3.80. The molecule has 160 valence electrons. The molecule has 1 saturated heterocycles. The molecule has 0 aliphatic carbocycles. The standard InChI is InChI=1S/C20H23N3O6S/c1-27-19-13-16(14-21-22-30(25,26)17-5-3-2-4-6-17)7-8-18(19)29-15-20(24)23-9-11-28-12-10-23/h2-8,13-14,22H,9-12,15H2,1H3/b21-14+. The third kappa shape index (κ3) is 5.71. The number of benzene rings is 2. The summed E-state index contributed by atoms with van der Waals surface area (Å²) in [7, 11) is -2.26. The van der Waals surface area contributed by atoms with E-state index in [1.807, 2.05) is 0 Å².